The summed E-state index contributed by atoms with van der Waals surface area (Å²) in [4.78, 5) is 11.3. The fourth-order valence-electron chi connectivity index (χ4n) is 2.60. The number of Topliss-reactive ketones (excluding diaryl/α,β-unsaturated/α-hetero) is 1. The molecular weight excluding hydrogens is 216 g/mol. The lowest BCUT2D eigenvalue weighted by molar-refractivity contribution is -0.122. The Morgan fingerprint density at radius 2 is 1.76 bits per heavy atom. The first-order chi connectivity index (χ1) is 8.06. The summed E-state index contributed by atoms with van der Waals surface area (Å²) >= 11 is 0. The second-order valence-electron chi connectivity index (χ2n) is 5.46. The highest BCUT2D eigenvalue weighted by molar-refractivity contribution is 5.82. The molecule has 1 aromatic carbocycles. The molecule has 0 fully saturated rings. The summed E-state index contributed by atoms with van der Waals surface area (Å²) in [6.45, 7) is 4.73. The first-order valence-electron chi connectivity index (χ1n) is 6.01. The minimum atomic E-state index is -0.0133. The predicted octanol–water partition coefficient (Wildman–Crippen LogP) is 2.25. The Balaban J connectivity index is 2.07. The number of carbonyl (C=O) groups is 1. The van der Waals surface area contributed by atoms with Crippen molar-refractivity contribution >= 4 is 5.78 Å². The summed E-state index contributed by atoms with van der Waals surface area (Å²) in [5.41, 5.74) is 2.85. The Morgan fingerprint density at radius 1 is 1.12 bits per heavy atom. The number of ether oxygens (including phenoxy) is 2. The Hall–Kier alpha value is -1.51. The van der Waals surface area contributed by atoms with Crippen LogP contribution in [-0.2, 0) is 16.6 Å². The van der Waals surface area contributed by atoms with E-state index in [9.17, 15) is 4.79 Å². The summed E-state index contributed by atoms with van der Waals surface area (Å²) in [7, 11) is 0. The highest BCUT2D eigenvalue weighted by Gasteiger charge is 2.32. The van der Waals surface area contributed by atoms with Gasteiger partial charge in [-0.2, -0.15) is 0 Å². The van der Waals surface area contributed by atoms with Gasteiger partial charge in [0.15, 0.2) is 24.7 Å². The maximum Gasteiger partial charge on any atom is 0.207 e. The van der Waals surface area contributed by atoms with Crippen LogP contribution < -0.4 is 9.47 Å². The third-order valence-electron chi connectivity index (χ3n) is 3.70. The highest BCUT2D eigenvalue weighted by Crippen LogP contribution is 2.44. The third-order valence-corrected chi connectivity index (χ3v) is 3.70. The molecule has 1 aliphatic carbocycles. The van der Waals surface area contributed by atoms with Crippen molar-refractivity contribution < 1.29 is 14.3 Å². The molecule has 0 radical (unpaired) electrons. The average molecular weight is 232 g/mol. The van der Waals surface area contributed by atoms with Gasteiger partial charge in [-0.1, -0.05) is 13.8 Å². The molecule has 1 aromatic rings. The SMILES string of the molecule is CC1(C)CCc2cc3c(cc21)OCC(=O)CO3. The first kappa shape index (κ1) is 10.6. The van der Waals surface area contributed by atoms with E-state index in [-0.39, 0.29) is 24.4 Å². The third kappa shape index (κ3) is 1.70. The van der Waals surface area contributed by atoms with Crippen LogP contribution in [0.2, 0.25) is 0 Å². The molecule has 0 atom stereocenters. The van der Waals surface area contributed by atoms with Crippen molar-refractivity contribution in [3.8, 4) is 11.5 Å². The van der Waals surface area contributed by atoms with Gasteiger partial charge in [0.05, 0.1) is 0 Å². The number of benzene rings is 1. The number of carbonyl (C=O) groups excluding carboxylic acids is 1. The molecule has 90 valence electrons. The van der Waals surface area contributed by atoms with Crippen LogP contribution in [0, 0.1) is 0 Å². The van der Waals surface area contributed by atoms with E-state index in [0.717, 1.165) is 12.8 Å². The Morgan fingerprint density at radius 3 is 2.47 bits per heavy atom. The van der Waals surface area contributed by atoms with Gasteiger partial charge in [0.2, 0.25) is 5.78 Å². The molecule has 0 spiro atoms. The smallest absolute Gasteiger partial charge is 0.207 e. The molecule has 1 aliphatic heterocycles. The minimum Gasteiger partial charge on any atom is -0.482 e. The summed E-state index contributed by atoms with van der Waals surface area (Å²) < 4.78 is 11.0. The normalized spacial score (nSPS) is 20.9. The van der Waals surface area contributed by atoms with Gasteiger partial charge < -0.3 is 9.47 Å². The van der Waals surface area contributed by atoms with E-state index in [1.54, 1.807) is 0 Å². The molecule has 0 saturated carbocycles. The minimum absolute atomic E-state index is 0.0133. The number of fused-ring (bicyclic) bond motifs is 2. The lowest BCUT2D eigenvalue weighted by Crippen LogP contribution is -2.15. The zero-order chi connectivity index (χ0) is 12.0. The van der Waals surface area contributed by atoms with E-state index in [0.29, 0.717) is 11.5 Å². The molecule has 0 unspecified atom stereocenters. The Kier molecular flexibility index (Phi) is 2.18. The lowest BCUT2D eigenvalue weighted by atomic mass is 9.86. The molecule has 0 aromatic heterocycles. The number of rotatable bonds is 0. The van der Waals surface area contributed by atoms with Crippen molar-refractivity contribution in [2.45, 2.75) is 32.1 Å². The van der Waals surface area contributed by atoms with Crippen LogP contribution in [-0.4, -0.2) is 19.0 Å². The fraction of sp³-hybridized carbons (Fsp3) is 0.500. The molecule has 3 nitrogen and oxygen atoms in total. The van der Waals surface area contributed by atoms with Gasteiger partial charge in [0.25, 0.3) is 0 Å². The molecule has 1 heterocycles. The second kappa shape index (κ2) is 3.49. The van der Waals surface area contributed by atoms with Crippen LogP contribution in [0.25, 0.3) is 0 Å². The summed E-state index contributed by atoms with van der Waals surface area (Å²) in [6, 6.07) is 4.09. The second-order valence-corrected chi connectivity index (χ2v) is 5.46. The number of hydrogen-bond donors (Lipinski definition) is 0. The first-order valence-corrected chi connectivity index (χ1v) is 6.01. The zero-order valence-corrected chi connectivity index (χ0v) is 10.2. The molecule has 3 rings (SSSR count). The van der Waals surface area contributed by atoms with Crippen LogP contribution in [0.1, 0.15) is 31.4 Å². The molecule has 0 bridgehead atoms. The van der Waals surface area contributed by atoms with Gasteiger partial charge in [-0.05, 0) is 41.5 Å². The van der Waals surface area contributed by atoms with Gasteiger partial charge in [0.1, 0.15) is 0 Å². The summed E-state index contributed by atoms with van der Waals surface area (Å²) in [5.74, 6) is 1.41. The molecule has 0 N–H and O–H groups in total. The number of aryl methyl sites for hydroxylation is 1. The topological polar surface area (TPSA) is 35.5 Å². The van der Waals surface area contributed by atoms with E-state index in [1.807, 2.05) is 6.07 Å². The maximum absolute atomic E-state index is 11.3. The maximum atomic E-state index is 11.3. The van der Waals surface area contributed by atoms with Crippen molar-refractivity contribution in [2.75, 3.05) is 13.2 Å². The van der Waals surface area contributed by atoms with Crippen molar-refractivity contribution in [3.05, 3.63) is 23.3 Å². The van der Waals surface area contributed by atoms with E-state index >= 15 is 0 Å². The van der Waals surface area contributed by atoms with E-state index in [2.05, 4.69) is 19.9 Å². The van der Waals surface area contributed by atoms with E-state index in [1.165, 1.54) is 11.1 Å². The van der Waals surface area contributed by atoms with Crippen LogP contribution in [0.3, 0.4) is 0 Å². The molecular formula is C14H16O3. The average Bonchev–Trinajstić information content (AvgIpc) is 2.47. The standard InChI is InChI=1S/C14H16O3/c1-14(2)4-3-9-5-12-13(6-11(9)14)17-8-10(15)7-16-12/h5-6H,3-4,7-8H2,1-2H3. The van der Waals surface area contributed by atoms with Crippen LogP contribution >= 0.6 is 0 Å². The largest absolute Gasteiger partial charge is 0.482 e. The molecule has 3 heteroatoms. The molecule has 0 saturated heterocycles. The highest BCUT2D eigenvalue weighted by atomic mass is 16.5. The van der Waals surface area contributed by atoms with Gasteiger partial charge >= 0.3 is 0 Å². The van der Waals surface area contributed by atoms with Gasteiger partial charge in [-0.15, -0.1) is 0 Å². The van der Waals surface area contributed by atoms with E-state index < -0.39 is 0 Å². The van der Waals surface area contributed by atoms with Gasteiger partial charge in [-0.3, -0.25) is 4.79 Å². The van der Waals surface area contributed by atoms with Crippen LogP contribution in [0.4, 0.5) is 0 Å². The fourth-order valence-corrected chi connectivity index (χ4v) is 2.60. The van der Waals surface area contributed by atoms with Crippen molar-refractivity contribution in [1.82, 2.24) is 0 Å². The number of hydrogen-bond acceptors (Lipinski definition) is 3. The van der Waals surface area contributed by atoms with E-state index in [4.69, 9.17) is 9.47 Å². The van der Waals surface area contributed by atoms with Crippen LogP contribution in [0.5, 0.6) is 11.5 Å². The Bertz CT molecular complexity index is 488. The van der Waals surface area contributed by atoms with Gasteiger partial charge in [-0.25, -0.2) is 0 Å². The molecule has 17 heavy (non-hydrogen) atoms. The number of ketones is 1. The zero-order valence-electron chi connectivity index (χ0n) is 10.2. The molecule has 0 amide bonds. The summed E-state index contributed by atoms with van der Waals surface area (Å²) in [5, 5.41) is 0. The van der Waals surface area contributed by atoms with Gasteiger partial charge in [0, 0.05) is 0 Å². The quantitative estimate of drug-likeness (QED) is 0.688. The summed E-state index contributed by atoms with van der Waals surface area (Å²) in [6.07, 6.45) is 2.23. The monoisotopic (exact) mass is 232 g/mol. The Labute approximate surface area is 101 Å². The van der Waals surface area contributed by atoms with Crippen molar-refractivity contribution in [1.29, 1.82) is 0 Å². The molecule has 2 aliphatic rings. The predicted molar refractivity (Wildman–Crippen MR) is 63.8 cm³/mol. The lowest BCUT2D eigenvalue weighted by Gasteiger charge is -2.20. The van der Waals surface area contributed by atoms with Crippen molar-refractivity contribution in [3.63, 3.8) is 0 Å². The van der Waals surface area contributed by atoms with Crippen molar-refractivity contribution in [2.24, 2.45) is 0 Å². The van der Waals surface area contributed by atoms with Crippen LogP contribution in [0.15, 0.2) is 12.1 Å².